The quantitative estimate of drug-likeness (QED) is 0.869. The molecule has 1 atom stereocenters. The number of nitrogens with one attached hydrogen (secondary N) is 1. The Bertz CT molecular complexity index is 403. The molecule has 1 aromatic rings. The third-order valence-electron chi connectivity index (χ3n) is 2.20. The maximum atomic E-state index is 13.4. The second-order valence-electron chi connectivity index (χ2n) is 3.55. The number of benzene rings is 1. The van der Waals surface area contributed by atoms with E-state index in [0.29, 0.717) is 0 Å². The number of methoxy groups -OCH3 is 1. The molecule has 0 radical (unpaired) electrons. The smallest absolute Gasteiger partial charge is 0.310 e. The van der Waals surface area contributed by atoms with Crippen LogP contribution >= 0.6 is 15.9 Å². The highest BCUT2D eigenvalue weighted by Crippen LogP contribution is 2.26. The molecule has 1 aromatic carbocycles. The summed E-state index contributed by atoms with van der Waals surface area (Å²) in [5, 5.41) is 2.73. The number of rotatable bonds is 4. The molecular weight excluding hydrogens is 296 g/mol. The van der Waals surface area contributed by atoms with Crippen LogP contribution in [-0.4, -0.2) is 19.6 Å². The summed E-state index contributed by atoms with van der Waals surface area (Å²) in [4.78, 5) is 11.1. The zero-order valence-corrected chi connectivity index (χ0v) is 11.0. The molecule has 0 spiro atoms. The molecule has 0 aliphatic rings. The summed E-state index contributed by atoms with van der Waals surface area (Å²) in [5.74, 6) is -2.19. The van der Waals surface area contributed by atoms with Crippen molar-refractivity contribution in [1.29, 1.82) is 0 Å². The number of carbonyl (C=O) groups excluding carboxylic acids is 1. The van der Waals surface area contributed by atoms with E-state index in [-0.39, 0.29) is 16.7 Å². The van der Waals surface area contributed by atoms with E-state index in [1.165, 1.54) is 7.11 Å². The van der Waals surface area contributed by atoms with Gasteiger partial charge in [0.25, 0.3) is 0 Å². The van der Waals surface area contributed by atoms with Crippen molar-refractivity contribution >= 4 is 27.6 Å². The Morgan fingerprint density at radius 2 is 2.18 bits per heavy atom. The van der Waals surface area contributed by atoms with Crippen molar-refractivity contribution in [2.45, 2.75) is 6.92 Å². The van der Waals surface area contributed by atoms with Gasteiger partial charge in [-0.1, -0.05) is 6.92 Å². The fourth-order valence-corrected chi connectivity index (χ4v) is 1.80. The van der Waals surface area contributed by atoms with Gasteiger partial charge in [0.2, 0.25) is 0 Å². The second kappa shape index (κ2) is 5.95. The SMILES string of the molecule is COC(=O)C(C)CNc1c(F)cc(F)cc1Br. The van der Waals surface area contributed by atoms with Crippen LogP contribution in [0.25, 0.3) is 0 Å². The van der Waals surface area contributed by atoms with E-state index < -0.39 is 23.5 Å². The third-order valence-corrected chi connectivity index (χ3v) is 2.82. The highest BCUT2D eigenvalue weighted by atomic mass is 79.9. The van der Waals surface area contributed by atoms with E-state index in [1.54, 1.807) is 6.92 Å². The normalized spacial score (nSPS) is 12.1. The fraction of sp³-hybridized carbons (Fsp3) is 0.364. The number of anilines is 1. The van der Waals surface area contributed by atoms with Gasteiger partial charge in [0.15, 0.2) is 0 Å². The van der Waals surface area contributed by atoms with Crippen molar-refractivity contribution in [3.63, 3.8) is 0 Å². The van der Waals surface area contributed by atoms with Gasteiger partial charge in [0, 0.05) is 17.1 Å². The van der Waals surface area contributed by atoms with E-state index in [1.807, 2.05) is 0 Å². The molecular formula is C11H12BrF2NO2. The molecule has 17 heavy (non-hydrogen) atoms. The number of halogens is 3. The molecule has 0 bridgehead atoms. The Hall–Kier alpha value is -1.17. The highest BCUT2D eigenvalue weighted by Gasteiger charge is 2.15. The second-order valence-corrected chi connectivity index (χ2v) is 4.40. The molecule has 0 heterocycles. The van der Waals surface area contributed by atoms with Crippen molar-refractivity contribution in [3.05, 3.63) is 28.2 Å². The van der Waals surface area contributed by atoms with Crippen molar-refractivity contribution in [1.82, 2.24) is 0 Å². The molecule has 1 N–H and O–H groups in total. The molecule has 1 rings (SSSR count). The summed E-state index contributed by atoms with van der Waals surface area (Å²) >= 11 is 3.04. The van der Waals surface area contributed by atoms with E-state index in [4.69, 9.17) is 0 Å². The van der Waals surface area contributed by atoms with Crippen molar-refractivity contribution in [2.75, 3.05) is 19.0 Å². The monoisotopic (exact) mass is 307 g/mol. The van der Waals surface area contributed by atoms with Crippen LogP contribution in [0.5, 0.6) is 0 Å². The zero-order chi connectivity index (χ0) is 13.0. The van der Waals surface area contributed by atoms with Gasteiger partial charge in [-0.25, -0.2) is 8.78 Å². The van der Waals surface area contributed by atoms with E-state index in [2.05, 4.69) is 26.0 Å². The Labute approximate surface area is 106 Å². The van der Waals surface area contributed by atoms with Gasteiger partial charge in [0.1, 0.15) is 11.6 Å². The first-order valence-electron chi connectivity index (χ1n) is 4.92. The Kier molecular flexibility index (Phi) is 4.86. The minimum atomic E-state index is -0.714. The first-order chi connectivity index (χ1) is 7.95. The number of carbonyl (C=O) groups is 1. The molecule has 0 aliphatic carbocycles. The van der Waals surface area contributed by atoms with E-state index in [0.717, 1.165) is 12.1 Å². The molecule has 0 aliphatic heterocycles. The first kappa shape index (κ1) is 13.9. The molecule has 3 nitrogen and oxygen atoms in total. The fourth-order valence-electron chi connectivity index (χ4n) is 1.25. The molecule has 0 aromatic heterocycles. The van der Waals surface area contributed by atoms with Gasteiger partial charge >= 0.3 is 5.97 Å². The lowest BCUT2D eigenvalue weighted by Crippen LogP contribution is -2.22. The van der Waals surface area contributed by atoms with E-state index >= 15 is 0 Å². The lowest BCUT2D eigenvalue weighted by Gasteiger charge is -2.13. The van der Waals surface area contributed by atoms with Gasteiger partial charge in [-0.2, -0.15) is 0 Å². The lowest BCUT2D eigenvalue weighted by atomic mass is 10.2. The van der Waals surface area contributed by atoms with Crippen molar-refractivity contribution in [3.8, 4) is 0 Å². The molecule has 0 fully saturated rings. The average Bonchev–Trinajstić information content (AvgIpc) is 2.26. The lowest BCUT2D eigenvalue weighted by molar-refractivity contribution is -0.144. The molecule has 0 saturated heterocycles. The van der Waals surface area contributed by atoms with Crippen molar-refractivity contribution in [2.24, 2.45) is 5.92 Å². The summed E-state index contributed by atoms with van der Waals surface area (Å²) in [5.41, 5.74) is 0.127. The van der Waals surface area contributed by atoms with Gasteiger partial charge in [0.05, 0.1) is 18.7 Å². The number of hydrogen-bond acceptors (Lipinski definition) is 3. The molecule has 0 amide bonds. The molecule has 0 saturated carbocycles. The zero-order valence-electron chi connectivity index (χ0n) is 9.39. The Morgan fingerprint density at radius 1 is 1.53 bits per heavy atom. The summed E-state index contributed by atoms with van der Waals surface area (Å²) in [6.45, 7) is 1.85. The van der Waals surface area contributed by atoms with E-state index in [9.17, 15) is 13.6 Å². The van der Waals surface area contributed by atoms with Gasteiger partial charge in [-0.05, 0) is 22.0 Å². The molecule has 6 heteroatoms. The van der Waals surface area contributed by atoms with Crippen LogP contribution in [0.15, 0.2) is 16.6 Å². The maximum absolute atomic E-state index is 13.4. The number of esters is 1. The average molecular weight is 308 g/mol. The summed E-state index contributed by atoms with van der Waals surface area (Å²) < 4.78 is 31.0. The first-order valence-corrected chi connectivity index (χ1v) is 5.71. The summed E-state index contributed by atoms with van der Waals surface area (Å²) in [6, 6.07) is 1.92. The van der Waals surface area contributed by atoms with Crippen molar-refractivity contribution < 1.29 is 18.3 Å². The van der Waals surface area contributed by atoms with Gasteiger partial charge < -0.3 is 10.1 Å². The molecule has 94 valence electrons. The van der Waals surface area contributed by atoms with Crippen LogP contribution in [0.2, 0.25) is 0 Å². The Morgan fingerprint density at radius 3 is 2.71 bits per heavy atom. The van der Waals surface area contributed by atoms with Crippen LogP contribution in [0.1, 0.15) is 6.92 Å². The molecule has 1 unspecified atom stereocenters. The predicted molar refractivity (Wildman–Crippen MR) is 63.7 cm³/mol. The summed E-state index contributed by atoms with van der Waals surface area (Å²) in [6.07, 6.45) is 0. The standard InChI is InChI=1S/C11H12BrF2NO2/c1-6(11(16)17-2)5-15-10-8(12)3-7(13)4-9(10)14/h3-4,6,15H,5H2,1-2H3. The largest absolute Gasteiger partial charge is 0.469 e. The topological polar surface area (TPSA) is 38.3 Å². The van der Waals surface area contributed by atoms with Crippen LogP contribution in [0.4, 0.5) is 14.5 Å². The third kappa shape index (κ3) is 3.66. The van der Waals surface area contributed by atoms with Crippen LogP contribution in [0, 0.1) is 17.6 Å². The number of hydrogen-bond donors (Lipinski definition) is 1. The minimum absolute atomic E-state index is 0.127. The highest BCUT2D eigenvalue weighted by molar-refractivity contribution is 9.10. The van der Waals surface area contributed by atoms with Gasteiger partial charge in [-0.3, -0.25) is 4.79 Å². The Balaban J connectivity index is 2.73. The number of ether oxygens (including phenoxy) is 1. The summed E-state index contributed by atoms with van der Waals surface area (Å²) in [7, 11) is 1.28. The minimum Gasteiger partial charge on any atom is -0.469 e. The van der Waals surface area contributed by atoms with Crippen LogP contribution in [0.3, 0.4) is 0 Å². The van der Waals surface area contributed by atoms with Gasteiger partial charge in [-0.15, -0.1) is 0 Å². The van der Waals surface area contributed by atoms with Crippen LogP contribution in [-0.2, 0) is 9.53 Å². The predicted octanol–water partition coefficient (Wildman–Crippen LogP) is 2.95. The maximum Gasteiger partial charge on any atom is 0.310 e. The van der Waals surface area contributed by atoms with Crippen LogP contribution < -0.4 is 5.32 Å².